The zero-order valence-electron chi connectivity index (χ0n) is 12.0. The average molecular weight is 250 g/mol. The Bertz CT molecular complexity index is 333. The van der Waals surface area contributed by atoms with Crippen molar-refractivity contribution in [3.8, 4) is 0 Å². The van der Waals surface area contributed by atoms with E-state index in [9.17, 15) is 4.79 Å². The van der Waals surface area contributed by atoms with Gasteiger partial charge in [0.25, 0.3) is 0 Å². The highest BCUT2D eigenvalue weighted by molar-refractivity contribution is 5.96. The molecule has 2 aliphatic rings. The van der Waals surface area contributed by atoms with Crippen LogP contribution in [0.2, 0.25) is 0 Å². The zero-order valence-corrected chi connectivity index (χ0v) is 12.0. The number of carbonyl (C=O) groups is 1. The minimum atomic E-state index is 0.378. The summed E-state index contributed by atoms with van der Waals surface area (Å²) < 4.78 is 0. The number of carbonyl (C=O) groups excluding carboxylic acids is 1. The molecule has 1 aliphatic heterocycles. The minimum Gasteiger partial charge on any atom is -0.383 e. The molecule has 0 unspecified atom stereocenters. The maximum Gasteiger partial charge on any atom is 0.160 e. The van der Waals surface area contributed by atoms with Crippen LogP contribution in [0, 0.1) is 5.92 Å². The Morgan fingerprint density at radius 1 is 1.39 bits per heavy atom. The number of Topliss-reactive ketones (excluding diaryl/α,β-unsaturated/α-hetero) is 1. The predicted octanol–water partition coefficient (Wildman–Crippen LogP) is 2.29. The molecule has 3 heteroatoms. The molecule has 1 saturated heterocycles. The molecule has 0 aromatic carbocycles. The van der Waals surface area contributed by atoms with Gasteiger partial charge in [0.2, 0.25) is 0 Å². The van der Waals surface area contributed by atoms with Crippen LogP contribution in [0.4, 0.5) is 0 Å². The van der Waals surface area contributed by atoms with Crippen molar-refractivity contribution in [1.82, 2.24) is 9.80 Å². The first-order valence-corrected chi connectivity index (χ1v) is 7.26. The quantitative estimate of drug-likeness (QED) is 0.718. The fourth-order valence-electron chi connectivity index (χ4n) is 3.46. The first-order chi connectivity index (χ1) is 8.61. The van der Waals surface area contributed by atoms with Crippen LogP contribution in [0.3, 0.4) is 0 Å². The third-order valence-corrected chi connectivity index (χ3v) is 4.19. The van der Waals surface area contributed by atoms with Gasteiger partial charge in [0.15, 0.2) is 5.78 Å². The van der Waals surface area contributed by atoms with Crippen molar-refractivity contribution < 1.29 is 4.79 Å². The van der Waals surface area contributed by atoms with Crippen LogP contribution >= 0.6 is 0 Å². The Morgan fingerprint density at radius 2 is 2.17 bits per heavy atom. The van der Waals surface area contributed by atoms with Crippen molar-refractivity contribution in [2.75, 3.05) is 27.2 Å². The second-order valence-corrected chi connectivity index (χ2v) is 5.95. The van der Waals surface area contributed by atoms with Crippen LogP contribution < -0.4 is 0 Å². The lowest BCUT2D eigenvalue weighted by Gasteiger charge is -2.44. The van der Waals surface area contributed by atoms with Crippen LogP contribution in [0.5, 0.6) is 0 Å². The molecule has 0 N–H and O–H groups in total. The predicted molar refractivity (Wildman–Crippen MR) is 74.4 cm³/mol. The van der Waals surface area contributed by atoms with Gasteiger partial charge in [-0.05, 0) is 44.7 Å². The van der Waals surface area contributed by atoms with Crippen LogP contribution in [0.25, 0.3) is 0 Å². The molecule has 0 aromatic rings. The highest BCUT2D eigenvalue weighted by Gasteiger charge is 2.37. The third kappa shape index (κ3) is 2.94. The number of ketones is 1. The van der Waals surface area contributed by atoms with Gasteiger partial charge in [0.05, 0.1) is 0 Å². The molecular weight excluding hydrogens is 224 g/mol. The van der Waals surface area contributed by atoms with E-state index in [1.54, 1.807) is 0 Å². The topological polar surface area (TPSA) is 23.6 Å². The van der Waals surface area contributed by atoms with Crippen LogP contribution in [0.15, 0.2) is 11.8 Å². The number of likely N-dealkylation sites (tertiary alicyclic amines) is 1. The molecule has 0 spiro atoms. The third-order valence-electron chi connectivity index (χ3n) is 4.19. The van der Waals surface area contributed by atoms with Gasteiger partial charge in [-0.2, -0.15) is 0 Å². The van der Waals surface area contributed by atoms with Gasteiger partial charge in [-0.3, -0.25) is 9.69 Å². The Kier molecular flexibility index (Phi) is 4.44. The Balaban J connectivity index is 2.12. The summed E-state index contributed by atoms with van der Waals surface area (Å²) in [5.41, 5.74) is 1.03. The van der Waals surface area contributed by atoms with E-state index < -0.39 is 0 Å². The van der Waals surface area contributed by atoms with Crippen LogP contribution in [-0.4, -0.2) is 48.8 Å². The summed E-state index contributed by atoms with van der Waals surface area (Å²) >= 11 is 0. The normalized spacial score (nSPS) is 31.5. The molecule has 3 nitrogen and oxygen atoms in total. The van der Waals surface area contributed by atoms with Crippen molar-refractivity contribution in [1.29, 1.82) is 0 Å². The fourth-order valence-corrected chi connectivity index (χ4v) is 3.46. The van der Waals surface area contributed by atoms with Gasteiger partial charge in [0.1, 0.15) is 0 Å². The van der Waals surface area contributed by atoms with Crippen molar-refractivity contribution in [3.05, 3.63) is 11.8 Å². The molecule has 1 aliphatic carbocycles. The summed E-state index contributed by atoms with van der Waals surface area (Å²) in [4.78, 5) is 16.8. The Hall–Kier alpha value is -0.830. The van der Waals surface area contributed by atoms with E-state index >= 15 is 0 Å². The number of hydrogen-bond acceptors (Lipinski definition) is 3. The summed E-state index contributed by atoms with van der Waals surface area (Å²) in [6, 6.07) is 0.614. The molecule has 1 heterocycles. The number of nitrogens with zero attached hydrogens (tertiary/aromatic N) is 2. The summed E-state index contributed by atoms with van der Waals surface area (Å²) in [6.07, 6.45) is 7.47. The number of rotatable bonds is 3. The Labute approximate surface area is 111 Å². The minimum absolute atomic E-state index is 0.378. The second-order valence-electron chi connectivity index (χ2n) is 5.95. The van der Waals surface area contributed by atoms with E-state index in [0.717, 1.165) is 18.4 Å². The van der Waals surface area contributed by atoms with E-state index in [2.05, 4.69) is 11.8 Å². The van der Waals surface area contributed by atoms with Gasteiger partial charge in [-0.25, -0.2) is 0 Å². The van der Waals surface area contributed by atoms with E-state index in [-0.39, 0.29) is 0 Å². The largest absolute Gasteiger partial charge is 0.383 e. The van der Waals surface area contributed by atoms with Crippen molar-refractivity contribution >= 4 is 5.78 Å². The first-order valence-electron chi connectivity index (χ1n) is 7.26. The smallest absolute Gasteiger partial charge is 0.160 e. The zero-order chi connectivity index (χ0) is 13.1. The summed E-state index contributed by atoms with van der Waals surface area (Å²) in [6.45, 7) is 4.65. The molecular formula is C15H26N2O. The maximum atomic E-state index is 12.1. The van der Waals surface area contributed by atoms with E-state index in [1.807, 2.05) is 25.2 Å². The SMILES string of the molecule is CCCN1CCC[C@H]2CC(=O)C(=CN(C)C)C[C@@H]21. The molecule has 18 heavy (non-hydrogen) atoms. The molecule has 2 fully saturated rings. The Morgan fingerprint density at radius 3 is 2.83 bits per heavy atom. The summed E-state index contributed by atoms with van der Waals surface area (Å²) in [5, 5.41) is 0. The molecule has 102 valence electrons. The molecule has 0 bridgehead atoms. The second kappa shape index (κ2) is 5.87. The number of hydrogen-bond donors (Lipinski definition) is 0. The lowest BCUT2D eigenvalue weighted by Crippen LogP contribution is -2.49. The molecule has 2 atom stereocenters. The lowest BCUT2D eigenvalue weighted by molar-refractivity contribution is -0.119. The van der Waals surface area contributed by atoms with E-state index in [1.165, 1.54) is 32.4 Å². The molecule has 0 radical (unpaired) electrons. The molecule has 0 amide bonds. The first kappa shape index (κ1) is 13.6. The highest BCUT2D eigenvalue weighted by Crippen LogP contribution is 2.36. The van der Waals surface area contributed by atoms with E-state index in [0.29, 0.717) is 17.7 Å². The van der Waals surface area contributed by atoms with Gasteiger partial charge in [-0.15, -0.1) is 0 Å². The van der Waals surface area contributed by atoms with Gasteiger partial charge < -0.3 is 4.90 Å². The fraction of sp³-hybridized carbons (Fsp3) is 0.800. The summed E-state index contributed by atoms with van der Waals surface area (Å²) in [7, 11) is 3.99. The molecule has 0 aromatic heterocycles. The van der Waals surface area contributed by atoms with E-state index in [4.69, 9.17) is 0 Å². The highest BCUT2D eigenvalue weighted by atomic mass is 16.1. The van der Waals surface area contributed by atoms with Crippen LogP contribution in [0.1, 0.15) is 39.0 Å². The van der Waals surface area contributed by atoms with Crippen molar-refractivity contribution in [2.24, 2.45) is 5.92 Å². The maximum absolute atomic E-state index is 12.1. The summed E-state index contributed by atoms with van der Waals surface area (Å²) in [5.74, 6) is 0.986. The number of piperidine rings is 1. The van der Waals surface area contributed by atoms with Crippen molar-refractivity contribution in [2.45, 2.75) is 45.1 Å². The monoisotopic (exact) mass is 250 g/mol. The van der Waals surface area contributed by atoms with Gasteiger partial charge in [-0.1, -0.05) is 6.92 Å². The number of fused-ring (bicyclic) bond motifs is 1. The van der Waals surface area contributed by atoms with Crippen LogP contribution in [-0.2, 0) is 4.79 Å². The lowest BCUT2D eigenvalue weighted by atomic mass is 9.75. The molecule has 1 saturated carbocycles. The standard InChI is InChI=1S/C15H26N2O/c1-4-7-17-8-5-6-12-10-15(18)13(9-14(12)17)11-16(2)3/h11-12,14H,4-10H2,1-3H3/t12-,14-/m0/s1. The van der Waals surface area contributed by atoms with Gasteiger partial charge >= 0.3 is 0 Å². The average Bonchev–Trinajstić information content (AvgIpc) is 2.31. The van der Waals surface area contributed by atoms with Crippen molar-refractivity contribution in [3.63, 3.8) is 0 Å². The van der Waals surface area contributed by atoms with Gasteiger partial charge in [0, 0.05) is 38.3 Å². The molecule has 2 rings (SSSR count).